The van der Waals surface area contributed by atoms with Crippen molar-refractivity contribution in [3.63, 3.8) is 0 Å². The summed E-state index contributed by atoms with van der Waals surface area (Å²) in [6, 6.07) is 3.84. The van der Waals surface area contributed by atoms with Crippen LogP contribution in [-0.2, 0) is 21.5 Å². The van der Waals surface area contributed by atoms with Crippen LogP contribution in [0.3, 0.4) is 0 Å². The minimum absolute atomic E-state index is 0.0401. The van der Waals surface area contributed by atoms with Gasteiger partial charge in [-0.1, -0.05) is 6.92 Å². The maximum atomic E-state index is 11.8. The number of ether oxygens (including phenoxy) is 1. The molecule has 8 heteroatoms. The summed E-state index contributed by atoms with van der Waals surface area (Å²) in [7, 11) is -1.81. The number of morpholine rings is 1. The minimum atomic E-state index is -3.37. The predicted octanol–water partition coefficient (Wildman–Crippen LogP) is 0.657. The molecule has 1 atom stereocenters. The number of nitrogens with one attached hydrogen (secondary N) is 1. The first-order valence-electron chi connectivity index (χ1n) is 7.58. The average molecular weight is 331 g/mol. The molecule has 0 spiro atoms. The van der Waals surface area contributed by atoms with Gasteiger partial charge in [0, 0.05) is 33.2 Å². The first kappa shape index (κ1) is 17.4. The summed E-state index contributed by atoms with van der Waals surface area (Å²) >= 11 is 0. The van der Waals surface area contributed by atoms with Crippen molar-refractivity contribution in [1.29, 1.82) is 0 Å². The number of furan rings is 1. The van der Waals surface area contributed by atoms with Crippen LogP contribution < -0.4 is 4.72 Å². The molecule has 126 valence electrons. The van der Waals surface area contributed by atoms with Gasteiger partial charge in [0.1, 0.15) is 5.76 Å². The fourth-order valence-electron chi connectivity index (χ4n) is 2.35. The largest absolute Gasteiger partial charge is 0.468 e. The highest BCUT2D eigenvalue weighted by atomic mass is 32.2. The molecule has 22 heavy (non-hydrogen) atoms. The van der Waals surface area contributed by atoms with Crippen molar-refractivity contribution in [3.05, 3.63) is 24.2 Å². The van der Waals surface area contributed by atoms with E-state index in [1.165, 1.54) is 4.31 Å². The van der Waals surface area contributed by atoms with Crippen LogP contribution in [0.25, 0.3) is 0 Å². The Labute approximate surface area is 132 Å². The fraction of sp³-hybridized carbons (Fsp3) is 0.714. The molecule has 0 aliphatic carbocycles. The topological polar surface area (TPSA) is 75.0 Å². The second-order valence-electron chi connectivity index (χ2n) is 5.41. The van der Waals surface area contributed by atoms with Crippen molar-refractivity contribution in [3.8, 4) is 0 Å². The third-order valence-electron chi connectivity index (χ3n) is 3.79. The quantitative estimate of drug-likeness (QED) is 0.757. The van der Waals surface area contributed by atoms with Crippen LogP contribution in [-0.4, -0.2) is 63.6 Å². The Kier molecular flexibility index (Phi) is 6.39. The van der Waals surface area contributed by atoms with Crippen LogP contribution in [0.4, 0.5) is 0 Å². The summed E-state index contributed by atoms with van der Waals surface area (Å²) in [4.78, 5) is 2.26. The van der Waals surface area contributed by atoms with Crippen molar-refractivity contribution in [1.82, 2.24) is 13.9 Å². The van der Waals surface area contributed by atoms with E-state index in [0.717, 1.165) is 25.4 Å². The van der Waals surface area contributed by atoms with Crippen LogP contribution >= 0.6 is 0 Å². The molecule has 2 heterocycles. The number of hydrogen-bond acceptors (Lipinski definition) is 5. The molecule has 0 unspecified atom stereocenters. The molecule has 1 aromatic rings. The second kappa shape index (κ2) is 8.07. The van der Waals surface area contributed by atoms with Gasteiger partial charge in [0.25, 0.3) is 10.2 Å². The molecule has 1 aliphatic rings. The lowest BCUT2D eigenvalue weighted by atomic mass is 10.2. The first-order valence-corrected chi connectivity index (χ1v) is 9.02. The summed E-state index contributed by atoms with van der Waals surface area (Å²) in [5, 5.41) is 0. The molecule has 1 N–H and O–H groups in total. The van der Waals surface area contributed by atoms with E-state index in [-0.39, 0.29) is 6.10 Å². The molecular weight excluding hydrogens is 306 g/mol. The van der Waals surface area contributed by atoms with Gasteiger partial charge in [-0.05, 0) is 18.6 Å². The van der Waals surface area contributed by atoms with Crippen molar-refractivity contribution < 1.29 is 17.6 Å². The second-order valence-corrected chi connectivity index (χ2v) is 7.27. The highest BCUT2D eigenvalue weighted by Gasteiger charge is 2.22. The van der Waals surface area contributed by atoms with Crippen molar-refractivity contribution in [2.45, 2.75) is 26.0 Å². The number of rotatable bonds is 8. The van der Waals surface area contributed by atoms with Crippen LogP contribution in [0.5, 0.6) is 0 Å². The Morgan fingerprint density at radius 2 is 2.32 bits per heavy atom. The van der Waals surface area contributed by atoms with Gasteiger partial charge in [-0.15, -0.1) is 0 Å². The molecular formula is C14H25N3O4S. The van der Waals surface area contributed by atoms with E-state index in [4.69, 9.17) is 9.15 Å². The van der Waals surface area contributed by atoms with Crippen LogP contribution in [0, 0.1) is 0 Å². The highest BCUT2D eigenvalue weighted by Crippen LogP contribution is 2.12. The average Bonchev–Trinajstić information content (AvgIpc) is 2.99. The van der Waals surface area contributed by atoms with E-state index >= 15 is 0 Å². The van der Waals surface area contributed by atoms with Gasteiger partial charge in [0.2, 0.25) is 0 Å². The molecule has 7 nitrogen and oxygen atoms in total. The minimum Gasteiger partial charge on any atom is -0.468 e. The van der Waals surface area contributed by atoms with E-state index in [2.05, 4.69) is 9.62 Å². The van der Waals surface area contributed by atoms with E-state index in [1.54, 1.807) is 20.2 Å². The first-order chi connectivity index (χ1) is 10.5. The maximum Gasteiger partial charge on any atom is 0.279 e. The van der Waals surface area contributed by atoms with Gasteiger partial charge in [0.05, 0.1) is 25.5 Å². The zero-order valence-corrected chi connectivity index (χ0v) is 14.0. The van der Waals surface area contributed by atoms with Gasteiger partial charge in [-0.25, -0.2) is 4.72 Å². The monoisotopic (exact) mass is 331 g/mol. The van der Waals surface area contributed by atoms with E-state index in [0.29, 0.717) is 26.1 Å². The Bertz CT molecular complexity index is 532. The standard InChI is InChI=1S/C14H25N3O4S/c1-3-16(2)22(18,19)15-7-6-14-12-17(8-10-21-14)11-13-5-4-9-20-13/h4-5,9,14-15H,3,6-8,10-12H2,1-2H3/t14-/m1/s1. The lowest BCUT2D eigenvalue weighted by Gasteiger charge is -2.32. The molecule has 0 radical (unpaired) electrons. The van der Waals surface area contributed by atoms with Gasteiger partial charge in [0.15, 0.2) is 0 Å². The van der Waals surface area contributed by atoms with Gasteiger partial charge >= 0.3 is 0 Å². The van der Waals surface area contributed by atoms with E-state index in [1.807, 2.05) is 12.1 Å². The predicted molar refractivity (Wildman–Crippen MR) is 83.6 cm³/mol. The third-order valence-corrected chi connectivity index (χ3v) is 5.44. The molecule has 0 bridgehead atoms. The number of nitrogens with zero attached hydrogens (tertiary/aromatic N) is 2. The normalized spacial score (nSPS) is 20.6. The Morgan fingerprint density at radius 1 is 1.50 bits per heavy atom. The molecule has 0 saturated carbocycles. The molecule has 2 rings (SSSR count). The van der Waals surface area contributed by atoms with Gasteiger partial charge < -0.3 is 9.15 Å². The zero-order valence-electron chi connectivity index (χ0n) is 13.2. The highest BCUT2D eigenvalue weighted by molar-refractivity contribution is 7.87. The van der Waals surface area contributed by atoms with Crippen molar-refractivity contribution in [2.75, 3.05) is 39.8 Å². The summed E-state index contributed by atoms with van der Waals surface area (Å²) in [5.41, 5.74) is 0. The molecule has 0 aromatic carbocycles. The molecule has 1 fully saturated rings. The molecule has 1 aromatic heterocycles. The zero-order chi connectivity index (χ0) is 16.0. The van der Waals surface area contributed by atoms with Gasteiger partial charge in [-0.3, -0.25) is 4.90 Å². The van der Waals surface area contributed by atoms with E-state index in [9.17, 15) is 8.42 Å². The SMILES string of the molecule is CCN(C)S(=O)(=O)NCC[C@@H]1CN(Cc2ccco2)CCO1. The van der Waals surface area contributed by atoms with Crippen molar-refractivity contribution >= 4 is 10.2 Å². The van der Waals surface area contributed by atoms with E-state index < -0.39 is 10.2 Å². The van der Waals surface area contributed by atoms with Crippen LogP contribution in [0.2, 0.25) is 0 Å². The van der Waals surface area contributed by atoms with Crippen LogP contribution in [0.1, 0.15) is 19.1 Å². The summed E-state index contributed by atoms with van der Waals surface area (Å²) in [5.74, 6) is 0.936. The third kappa shape index (κ3) is 5.06. The maximum absolute atomic E-state index is 11.8. The summed E-state index contributed by atoms with van der Waals surface area (Å²) in [6.07, 6.45) is 2.37. The Hall–Kier alpha value is -0.930. The summed E-state index contributed by atoms with van der Waals surface area (Å²) < 4.78 is 38.6. The molecule has 1 saturated heterocycles. The van der Waals surface area contributed by atoms with Gasteiger partial charge in [-0.2, -0.15) is 12.7 Å². The summed E-state index contributed by atoms with van der Waals surface area (Å²) in [6.45, 7) is 5.70. The van der Waals surface area contributed by atoms with Crippen LogP contribution in [0.15, 0.2) is 22.8 Å². The molecule has 1 aliphatic heterocycles. The molecule has 0 amide bonds. The lowest BCUT2D eigenvalue weighted by Crippen LogP contribution is -2.44. The Morgan fingerprint density at radius 3 is 3.00 bits per heavy atom. The Balaban J connectivity index is 1.74. The fourth-order valence-corrected chi connectivity index (χ4v) is 3.29. The van der Waals surface area contributed by atoms with Crippen molar-refractivity contribution in [2.24, 2.45) is 0 Å². The lowest BCUT2D eigenvalue weighted by molar-refractivity contribution is -0.0356. The smallest absolute Gasteiger partial charge is 0.279 e. The number of hydrogen-bond donors (Lipinski definition) is 1.